The molecule has 18 heavy (non-hydrogen) atoms. The van der Waals surface area contributed by atoms with Crippen molar-refractivity contribution in [1.82, 2.24) is 5.32 Å². The molecule has 1 N–H and O–H groups in total. The number of rotatable bonds is 9. The van der Waals surface area contributed by atoms with Gasteiger partial charge in [-0.3, -0.25) is 0 Å². The molecule has 0 radical (unpaired) electrons. The highest BCUT2D eigenvalue weighted by Crippen LogP contribution is 2.21. The SMILES string of the molecule is CCCCOC(CNCCC)c1cccc(Br)c1. The average molecular weight is 314 g/mol. The van der Waals surface area contributed by atoms with Crippen LogP contribution in [-0.4, -0.2) is 19.7 Å². The molecule has 1 atom stereocenters. The maximum absolute atomic E-state index is 5.99. The average Bonchev–Trinajstić information content (AvgIpc) is 2.37. The van der Waals surface area contributed by atoms with Crippen LogP contribution < -0.4 is 5.32 Å². The molecule has 0 heterocycles. The van der Waals surface area contributed by atoms with E-state index in [1.165, 1.54) is 12.0 Å². The molecular weight excluding hydrogens is 290 g/mol. The monoisotopic (exact) mass is 313 g/mol. The third-order valence-corrected chi connectivity index (χ3v) is 3.29. The summed E-state index contributed by atoms with van der Waals surface area (Å²) in [5.41, 5.74) is 1.24. The van der Waals surface area contributed by atoms with E-state index in [4.69, 9.17) is 4.74 Å². The predicted octanol–water partition coefficient (Wildman–Crippen LogP) is 4.31. The lowest BCUT2D eigenvalue weighted by Gasteiger charge is -2.19. The van der Waals surface area contributed by atoms with Gasteiger partial charge in [0.1, 0.15) is 0 Å². The molecule has 0 bridgehead atoms. The molecule has 0 aliphatic carbocycles. The van der Waals surface area contributed by atoms with Crippen LogP contribution >= 0.6 is 15.9 Å². The zero-order chi connectivity index (χ0) is 13.2. The normalized spacial score (nSPS) is 12.6. The Labute approximate surface area is 119 Å². The largest absolute Gasteiger partial charge is 0.372 e. The van der Waals surface area contributed by atoms with Crippen molar-refractivity contribution >= 4 is 15.9 Å². The smallest absolute Gasteiger partial charge is 0.0949 e. The standard InChI is InChI=1S/C15H24BrNO/c1-3-5-10-18-15(12-17-9-4-2)13-7-6-8-14(16)11-13/h6-8,11,15,17H,3-5,9-10,12H2,1-2H3. The van der Waals surface area contributed by atoms with Gasteiger partial charge in [0.05, 0.1) is 6.10 Å². The Kier molecular flexibility index (Phi) is 8.31. The summed E-state index contributed by atoms with van der Waals surface area (Å²) in [5, 5.41) is 3.44. The van der Waals surface area contributed by atoms with Gasteiger partial charge >= 0.3 is 0 Å². The third kappa shape index (κ3) is 5.98. The summed E-state index contributed by atoms with van der Waals surface area (Å²) in [7, 11) is 0. The number of hydrogen-bond donors (Lipinski definition) is 1. The number of hydrogen-bond acceptors (Lipinski definition) is 2. The Balaban J connectivity index is 2.57. The van der Waals surface area contributed by atoms with Gasteiger partial charge < -0.3 is 10.1 Å². The molecule has 102 valence electrons. The Hall–Kier alpha value is -0.380. The summed E-state index contributed by atoms with van der Waals surface area (Å²) in [5.74, 6) is 0. The number of ether oxygens (including phenoxy) is 1. The van der Waals surface area contributed by atoms with E-state index >= 15 is 0 Å². The molecule has 1 aromatic rings. The van der Waals surface area contributed by atoms with Crippen LogP contribution in [0.1, 0.15) is 44.8 Å². The quantitative estimate of drug-likeness (QED) is 0.686. The molecule has 0 saturated heterocycles. The molecule has 0 aromatic heterocycles. The van der Waals surface area contributed by atoms with Gasteiger partial charge in [0, 0.05) is 17.6 Å². The van der Waals surface area contributed by atoms with Gasteiger partial charge in [-0.05, 0) is 37.1 Å². The second kappa shape index (κ2) is 9.54. The van der Waals surface area contributed by atoms with Crippen molar-refractivity contribution in [2.75, 3.05) is 19.7 Å². The van der Waals surface area contributed by atoms with Crippen molar-refractivity contribution in [3.05, 3.63) is 34.3 Å². The molecule has 2 nitrogen and oxygen atoms in total. The summed E-state index contributed by atoms with van der Waals surface area (Å²) in [6.45, 7) is 7.13. The molecule has 0 aliphatic rings. The lowest BCUT2D eigenvalue weighted by atomic mass is 10.1. The molecule has 0 fully saturated rings. The summed E-state index contributed by atoms with van der Waals surface area (Å²) in [6.07, 6.45) is 3.60. The van der Waals surface area contributed by atoms with Crippen molar-refractivity contribution in [1.29, 1.82) is 0 Å². The highest BCUT2D eigenvalue weighted by Gasteiger charge is 2.11. The first-order chi connectivity index (χ1) is 8.77. The molecule has 3 heteroatoms. The molecule has 1 rings (SSSR count). The van der Waals surface area contributed by atoms with Gasteiger partial charge in [-0.2, -0.15) is 0 Å². The molecule has 1 aromatic carbocycles. The Morgan fingerprint density at radius 3 is 2.78 bits per heavy atom. The van der Waals surface area contributed by atoms with Gasteiger partial charge in [0.2, 0.25) is 0 Å². The highest BCUT2D eigenvalue weighted by molar-refractivity contribution is 9.10. The van der Waals surface area contributed by atoms with Crippen molar-refractivity contribution in [3.63, 3.8) is 0 Å². The van der Waals surface area contributed by atoms with Crippen LogP contribution in [0.5, 0.6) is 0 Å². The minimum atomic E-state index is 0.153. The highest BCUT2D eigenvalue weighted by atomic mass is 79.9. The second-order valence-electron chi connectivity index (χ2n) is 4.47. The Morgan fingerprint density at radius 1 is 1.28 bits per heavy atom. The zero-order valence-corrected chi connectivity index (χ0v) is 13.0. The van der Waals surface area contributed by atoms with E-state index in [2.05, 4.69) is 53.3 Å². The molecule has 0 amide bonds. The van der Waals surface area contributed by atoms with E-state index in [9.17, 15) is 0 Å². The minimum Gasteiger partial charge on any atom is -0.372 e. The van der Waals surface area contributed by atoms with Crippen LogP contribution in [0, 0.1) is 0 Å². The fourth-order valence-electron chi connectivity index (χ4n) is 1.76. The van der Waals surface area contributed by atoms with E-state index in [-0.39, 0.29) is 6.10 Å². The fourth-order valence-corrected chi connectivity index (χ4v) is 2.18. The van der Waals surface area contributed by atoms with E-state index in [1.807, 2.05) is 6.07 Å². The fraction of sp³-hybridized carbons (Fsp3) is 0.600. The molecule has 1 unspecified atom stereocenters. The number of benzene rings is 1. The molecule has 0 spiro atoms. The van der Waals surface area contributed by atoms with Gasteiger partial charge in [-0.15, -0.1) is 0 Å². The predicted molar refractivity (Wildman–Crippen MR) is 80.9 cm³/mol. The molecular formula is C15H24BrNO. The van der Waals surface area contributed by atoms with Crippen molar-refractivity contribution in [2.24, 2.45) is 0 Å². The van der Waals surface area contributed by atoms with Crippen LogP contribution in [-0.2, 0) is 4.74 Å². The summed E-state index contributed by atoms with van der Waals surface area (Å²) < 4.78 is 7.10. The minimum absolute atomic E-state index is 0.153. The van der Waals surface area contributed by atoms with Crippen LogP contribution in [0.3, 0.4) is 0 Å². The van der Waals surface area contributed by atoms with Crippen molar-refractivity contribution in [3.8, 4) is 0 Å². The van der Waals surface area contributed by atoms with Crippen LogP contribution in [0.25, 0.3) is 0 Å². The Morgan fingerprint density at radius 2 is 2.11 bits per heavy atom. The number of nitrogens with one attached hydrogen (secondary N) is 1. The Bertz CT molecular complexity index is 320. The zero-order valence-electron chi connectivity index (χ0n) is 11.4. The lowest BCUT2D eigenvalue weighted by Crippen LogP contribution is -2.24. The molecule has 0 saturated carbocycles. The van der Waals surface area contributed by atoms with E-state index in [0.717, 1.165) is 37.0 Å². The summed E-state index contributed by atoms with van der Waals surface area (Å²) in [4.78, 5) is 0. The maximum Gasteiger partial charge on any atom is 0.0949 e. The number of unbranched alkanes of at least 4 members (excludes halogenated alkanes) is 1. The first-order valence-electron chi connectivity index (χ1n) is 6.85. The van der Waals surface area contributed by atoms with Gasteiger partial charge in [0.15, 0.2) is 0 Å². The van der Waals surface area contributed by atoms with Crippen LogP contribution in [0.15, 0.2) is 28.7 Å². The first-order valence-corrected chi connectivity index (χ1v) is 7.65. The summed E-state index contributed by atoms with van der Waals surface area (Å²) in [6, 6.07) is 8.39. The van der Waals surface area contributed by atoms with E-state index < -0.39 is 0 Å². The van der Waals surface area contributed by atoms with Crippen LogP contribution in [0.4, 0.5) is 0 Å². The molecule has 0 aliphatic heterocycles. The topological polar surface area (TPSA) is 21.3 Å². The first kappa shape index (κ1) is 15.7. The van der Waals surface area contributed by atoms with Crippen molar-refractivity contribution < 1.29 is 4.74 Å². The van der Waals surface area contributed by atoms with E-state index in [0.29, 0.717) is 0 Å². The number of halogens is 1. The van der Waals surface area contributed by atoms with Crippen molar-refractivity contribution in [2.45, 2.75) is 39.2 Å². The van der Waals surface area contributed by atoms with Crippen LogP contribution in [0.2, 0.25) is 0 Å². The van der Waals surface area contributed by atoms with E-state index in [1.54, 1.807) is 0 Å². The third-order valence-electron chi connectivity index (χ3n) is 2.79. The van der Waals surface area contributed by atoms with Gasteiger partial charge in [-0.25, -0.2) is 0 Å². The lowest BCUT2D eigenvalue weighted by molar-refractivity contribution is 0.0507. The van der Waals surface area contributed by atoms with Gasteiger partial charge in [0.25, 0.3) is 0 Å². The van der Waals surface area contributed by atoms with Gasteiger partial charge in [-0.1, -0.05) is 48.3 Å². The second-order valence-corrected chi connectivity index (χ2v) is 5.39. The maximum atomic E-state index is 5.99. The summed E-state index contributed by atoms with van der Waals surface area (Å²) >= 11 is 3.52.